The van der Waals surface area contributed by atoms with E-state index < -0.39 is 17.3 Å². The smallest absolute Gasteiger partial charge is 0.390 e. The Morgan fingerprint density at radius 2 is 1.73 bits per heavy atom. The fourth-order valence-corrected chi connectivity index (χ4v) is 2.14. The van der Waals surface area contributed by atoms with Crippen molar-refractivity contribution in [3.63, 3.8) is 0 Å². The van der Waals surface area contributed by atoms with Crippen LogP contribution < -0.4 is 11.4 Å². The van der Waals surface area contributed by atoms with Crippen LogP contribution in [0.4, 0.5) is 4.39 Å². The fraction of sp³-hybridized carbons (Fsp3) is 0. The average Bonchev–Trinajstić information content (AvgIpc) is 2.49. The van der Waals surface area contributed by atoms with Gasteiger partial charge in [0.2, 0.25) is 5.89 Å². The molecular formula is C15H8ClFN2O3. The topological polar surface area (TPSA) is 65.1 Å². The van der Waals surface area contributed by atoms with Crippen LogP contribution in [0.25, 0.3) is 17.1 Å². The van der Waals surface area contributed by atoms with Crippen LogP contribution in [-0.2, 0) is 0 Å². The maximum absolute atomic E-state index is 12.9. The van der Waals surface area contributed by atoms with Gasteiger partial charge in [-0.1, -0.05) is 23.7 Å². The highest BCUT2D eigenvalue weighted by atomic mass is 35.5. The van der Waals surface area contributed by atoms with Crippen molar-refractivity contribution < 1.29 is 8.81 Å². The van der Waals surface area contributed by atoms with Crippen molar-refractivity contribution in [1.29, 1.82) is 0 Å². The van der Waals surface area contributed by atoms with E-state index in [0.29, 0.717) is 15.2 Å². The largest absolute Gasteiger partial charge is 0.429 e. The molecule has 3 aromatic rings. The van der Waals surface area contributed by atoms with Crippen molar-refractivity contribution in [3.8, 4) is 17.1 Å². The monoisotopic (exact) mass is 318 g/mol. The lowest BCUT2D eigenvalue weighted by molar-refractivity contribution is 0.448. The third-order valence-electron chi connectivity index (χ3n) is 2.94. The molecule has 1 aromatic heterocycles. The molecule has 0 N–H and O–H groups in total. The summed E-state index contributed by atoms with van der Waals surface area (Å²) in [6, 6.07) is 11.4. The van der Waals surface area contributed by atoms with Crippen LogP contribution >= 0.6 is 11.6 Å². The summed E-state index contributed by atoms with van der Waals surface area (Å²) in [5.74, 6) is -1.58. The number of halogens is 2. The van der Waals surface area contributed by atoms with E-state index in [0.717, 1.165) is 12.1 Å². The van der Waals surface area contributed by atoms with Crippen molar-refractivity contribution >= 4 is 11.6 Å². The third kappa shape index (κ3) is 2.56. The van der Waals surface area contributed by atoms with Gasteiger partial charge in [-0.2, -0.15) is 9.55 Å². The van der Waals surface area contributed by atoms with E-state index in [1.807, 2.05) is 0 Å². The summed E-state index contributed by atoms with van der Waals surface area (Å²) < 4.78 is 18.7. The number of hydrogen-bond donors (Lipinski definition) is 0. The highest BCUT2D eigenvalue weighted by molar-refractivity contribution is 6.33. The lowest BCUT2D eigenvalue weighted by atomic mass is 10.2. The van der Waals surface area contributed by atoms with Gasteiger partial charge in [0.15, 0.2) is 0 Å². The van der Waals surface area contributed by atoms with Gasteiger partial charge in [0.1, 0.15) is 5.82 Å². The predicted molar refractivity (Wildman–Crippen MR) is 78.8 cm³/mol. The molecule has 1 heterocycles. The van der Waals surface area contributed by atoms with Gasteiger partial charge in [-0.25, -0.2) is 14.0 Å². The van der Waals surface area contributed by atoms with Crippen molar-refractivity contribution in [2.75, 3.05) is 0 Å². The molecule has 0 aliphatic carbocycles. The highest BCUT2D eigenvalue weighted by Gasteiger charge is 2.13. The minimum absolute atomic E-state index is 0.165. The van der Waals surface area contributed by atoms with E-state index in [1.165, 1.54) is 12.1 Å². The maximum atomic E-state index is 12.9. The van der Waals surface area contributed by atoms with Crippen LogP contribution in [0.3, 0.4) is 0 Å². The summed E-state index contributed by atoms with van der Waals surface area (Å²) in [6.07, 6.45) is 0. The molecule has 3 rings (SSSR count). The van der Waals surface area contributed by atoms with Gasteiger partial charge in [-0.15, -0.1) is 0 Å². The quantitative estimate of drug-likeness (QED) is 0.728. The summed E-state index contributed by atoms with van der Waals surface area (Å²) >= 11 is 5.99. The first-order chi connectivity index (χ1) is 10.6. The minimum Gasteiger partial charge on any atom is -0.390 e. The van der Waals surface area contributed by atoms with Crippen molar-refractivity contribution in [2.45, 2.75) is 0 Å². The molecule has 0 bridgehead atoms. The Morgan fingerprint density at radius 3 is 2.36 bits per heavy atom. The van der Waals surface area contributed by atoms with E-state index in [9.17, 15) is 14.0 Å². The summed E-state index contributed by atoms with van der Waals surface area (Å²) in [5, 5.41) is 0.303. The molecule has 0 aliphatic heterocycles. The minimum atomic E-state index is -0.929. The predicted octanol–water partition coefficient (Wildman–Crippen LogP) is 2.65. The molecule has 0 radical (unpaired) electrons. The van der Waals surface area contributed by atoms with Crippen molar-refractivity contribution in [2.24, 2.45) is 0 Å². The highest BCUT2D eigenvalue weighted by Crippen LogP contribution is 2.24. The Kier molecular flexibility index (Phi) is 3.60. The first kappa shape index (κ1) is 14.2. The van der Waals surface area contributed by atoms with Gasteiger partial charge in [0, 0.05) is 0 Å². The molecule has 110 valence electrons. The molecule has 7 heteroatoms. The maximum Gasteiger partial charge on any atom is 0.429 e. The zero-order valence-corrected chi connectivity index (χ0v) is 11.7. The Labute approximate surface area is 128 Å². The molecule has 0 atom stereocenters. The first-order valence-corrected chi connectivity index (χ1v) is 6.59. The Bertz CT molecular complexity index is 917. The average molecular weight is 319 g/mol. The molecule has 22 heavy (non-hydrogen) atoms. The molecule has 5 nitrogen and oxygen atoms in total. The van der Waals surface area contributed by atoms with Gasteiger partial charge >= 0.3 is 11.4 Å². The van der Waals surface area contributed by atoms with Gasteiger partial charge in [-0.3, -0.25) is 0 Å². The molecular weight excluding hydrogens is 311 g/mol. The van der Waals surface area contributed by atoms with E-state index in [1.54, 1.807) is 24.3 Å². The zero-order chi connectivity index (χ0) is 15.7. The van der Waals surface area contributed by atoms with Crippen LogP contribution in [0.15, 0.2) is 62.5 Å². The van der Waals surface area contributed by atoms with Gasteiger partial charge < -0.3 is 4.42 Å². The standard InChI is InChI=1S/C15H8ClFN2O3/c16-12-4-2-1-3-11(12)13-18-14(20)19(15(21)22-13)10-7-5-9(17)6-8-10/h1-8H. The second kappa shape index (κ2) is 5.57. The van der Waals surface area contributed by atoms with Crippen LogP contribution in [0.2, 0.25) is 5.02 Å². The molecule has 2 aromatic carbocycles. The van der Waals surface area contributed by atoms with E-state index >= 15 is 0 Å². The van der Waals surface area contributed by atoms with Crippen LogP contribution in [0.5, 0.6) is 0 Å². The normalized spacial score (nSPS) is 10.6. The molecule has 0 saturated heterocycles. The number of nitrogens with zero attached hydrogens (tertiary/aromatic N) is 2. The lowest BCUT2D eigenvalue weighted by Gasteiger charge is -2.05. The lowest BCUT2D eigenvalue weighted by Crippen LogP contribution is -2.33. The molecule has 0 unspecified atom stereocenters. The van der Waals surface area contributed by atoms with E-state index in [4.69, 9.17) is 16.0 Å². The SMILES string of the molecule is O=c1nc(-c2ccccc2Cl)oc(=O)n1-c1ccc(F)cc1. The zero-order valence-electron chi connectivity index (χ0n) is 11.0. The Morgan fingerprint density at radius 1 is 1.05 bits per heavy atom. The molecule has 0 amide bonds. The van der Waals surface area contributed by atoms with Crippen molar-refractivity contribution in [1.82, 2.24) is 9.55 Å². The third-order valence-corrected chi connectivity index (χ3v) is 3.27. The molecule has 0 spiro atoms. The van der Waals surface area contributed by atoms with Crippen LogP contribution in [-0.4, -0.2) is 9.55 Å². The number of hydrogen-bond acceptors (Lipinski definition) is 4. The van der Waals surface area contributed by atoms with Gasteiger partial charge in [0.05, 0.1) is 16.3 Å². The van der Waals surface area contributed by atoms with Crippen LogP contribution in [0, 0.1) is 5.82 Å². The summed E-state index contributed by atoms with van der Waals surface area (Å²) in [4.78, 5) is 27.9. The molecule has 0 fully saturated rings. The van der Waals surface area contributed by atoms with E-state index in [2.05, 4.69) is 4.98 Å². The van der Waals surface area contributed by atoms with Gasteiger partial charge in [-0.05, 0) is 36.4 Å². The van der Waals surface area contributed by atoms with Crippen LogP contribution in [0.1, 0.15) is 0 Å². The second-order valence-corrected chi connectivity index (χ2v) is 4.77. The molecule has 0 aliphatic rings. The summed E-state index contributed by atoms with van der Waals surface area (Å²) in [6.45, 7) is 0. The summed E-state index contributed by atoms with van der Waals surface area (Å²) in [7, 11) is 0. The Hall–Kier alpha value is -2.73. The Balaban J connectivity index is 2.18. The second-order valence-electron chi connectivity index (χ2n) is 4.36. The number of aromatic nitrogens is 2. The van der Waals surface area contributed by atoms with Crippen molar-refractivity contribution in [3.05, 3.63) is 80.4 Å². The molecule has 0 saturated carbocycles. The number of benzene rings is 2. The summed E-state index contributed by atoms with van der Waals surface area (Å²) in [5.41, 5.74) is -0.333. The van der Waals surface area contributed by atoms with Gasteiger partial charge in [0.25, 0.3) is 0 Å². The first-order valence-electron chi connectivity index (χ1n) is 6.21. The fourth-order valence-electron chi connectivity index (χ4n) is 1.92. The number of rotatable bonds is 2. The van der Waals surface area contributed by atoms with E-state index in [-0.39, 0.29) is 11.6 Å².